The largest absolute Gasteiger partial charge is 0.497 e. The van der Waals surface area contributed by atoms with Crippen molar-refractivity contribution in [1.82, 2.24) is 5.43 Å². The van der Waals surface area contributed by atoms with Gasteiger partial charge in [0.25, 0.3) is 11.8 Å². The van der Waals surface area contributed by atoms with Crippen LogP contribution in [0.1, 0.15) is 33.2 Å². The third-order valence-corrected chi connectivity index (χ3v) is 4.96. The monoisotopic (exact) mass is 455 g/mol. The molecule has 0 radical (unpaired) electrons. The zero-order valence-electron chi connectivity index (χ0n) is 16.8. The molecule has 0 unspecified atom stereocenters. The van der Waals surface area contributed by atoms with Gasteiger partial charge in [-0.2, -0.15) is 5.10 Å². The molecule has 3 rings (SSSR count). The number of hydrogen-bond donors (Lipinski definition) is 2. The zero-order chi connectivity index (χ0) is 22.4. The number of methoxy groups -OCH3 is 1. The average molecular weight is 456 g/mol. The predicted octanol–water partition coefficient (Wildman–Crippen LogP) is 5.41. The van der Waals surface area contributed by atoms with Gasteiger partial charge in [-0.05, 0) is 67.1 Å². The fourth-order valence-corrected chi connectivity index (χ4v) is 3.17. The van der Waals surface area contributed by atoms with Crippen LogP contribution in [-0.4, -0.2) is 24.6 Å². The lowest BCUT2D eigenvalue weighted by atomic mass is 10.1. The number of nitrogens with one attached hydrogen (secondary N) is 2. The van der Waals surface area contributed by atoms with E-state index in [1.807, 2.05) is 0 Å². The first-order chi connectivity index (χ1) is 14.9. The molecular formula is C23H19Cl2N3O3. The van der Waals surface area contributed by atoms with Gasteiger partial charge in [0.05, 0.1) is 23.4 Å². The predicted molar refractivity (Wildman–Crippen MR) is 124 cm³/mol. The van der Waals surface area contributed by atoms with E-state index < -0.39 is 5.91 Å². The Labute approximate surface area is 189 Å². The second kappa shape index (κ2) is 10.1. The summed E-state index contributed by atoms with van der Waals surface area (Å²) >= 11 is 11.9. The summed E-state index contributed by atoms with van der Waals surface area (Å²) in [5, 5.41) is 7.63. The highest BCUT2D eigenvalue weighted by molar-refractivity contribution is 6.36. The Balaban J connectivity index is 1.63. The number of carbonyl (C=O) groups excluding carboxylic acids is 2. The second-order valence-electron chi connectivity index (χ2n) is 6.52. The van der Waals surface area contributed by atoms with Gasteiger partial charge >= 0.3 is 0 Å². The molecular weight excluding hydrogens is 437 g/mol. The topological polar surface area (TPSA) is 79.8 Å². The summed E-state index contributed by atoms with van der Waals surface area (Å²) in [6.07, 6.45) is 0. The van der Waals surface area contributed by atoms with Crippen molar-refractivity contribution < 1.29 is 14.3 Å². The van der Waals surface area contributed by atoms with Gasteiger partial charge in [-0.3, -0.25) is 9.59 Å². The van der Waals surface area contributed by atoms with Crippen LogP contribution in [0.4, 0.5) is 5.69 Å². The Morgan fingerprint density at radius 2 is 1.52 bits per heavy atom. The third-order valence-electron chi connectivity index (χ3n) is 4.41. The molecule has 0 bridgehead atoms. The summed E-state index contributed by atoms with van der Waals surface area (Å²) in [6, 6.07) is 18.5. The van der Waals surface area contributed by atoms with E-state index >= 15 is 0 Å². The van der Waals surface area contributed by atoms with E-state index in [4.69, 9.17) is 27.9 Å². The van der Waals surface area contributed by atoms with Crippen molar-refractivity contribution in [2.75, 3.05) is 12.4 Å². The number of ether oxygens (including phenoxy) is 1. The zero-order valence-corrected chi connectivity index (χ0v) is 18.3. The summed E-state index contributed by atoms with van der Waals surface area (Å²) < 4.78 is 5.09. The van der Waals surface area contributed by atoms with Gasteiger partial charge in [0, 0.05) is 16.3 Å². The van der Waals surface area contributed by atoms with E-state index in [-0.39, 0.29) is 16.5 Å². The molecule has 2 N–H and O–H groups in total. The van der Waals surface area contributed by atoms with E-state index in [0.717, 1.165) is 5.56 Å². The summed E-state index contributed by atoms with van der Waals surface area (Å²) in [6.45, 7) is 1.76. The van der Waals surface area contributed by atoms with E-state index in [1.165, 1.54) is 12.1 Å². The maximum Gasteiger partial charge on any atom is 0.272 e. The Morgan fingerprint density at radius 3 is 2.13 bits per heavy atom. The highest BCUT2D eigenvalue weighted by atomic mass is 35.5. The van der Waals surface area contributed by atoms with Gasteiger partial charge in [-0.25, -0.2) is 5.43 Å². The van der Waals surface area contributed by atoms with Crippen LogP contribution in [0.3, 0.4) is 0 Å². The molecule has 6 nitrogen and oxygen atoms in total. The molecule has 0 aliphatic carbocycles. The van der Waals surface area contributed by atoms with Crippen LogP contribution in [0.5, 0.6) is 5.75 Å². The number of hydrogen-bond acceptors (Lipinski definition) is 4. The van der Waals surface area contributed by atoms with Crippen molar-refractivity contribution in [3.8, 4) is 5.75 Å². The standard InChI is InChI=1S/C23H19Cl2N3O3/c1-14(27-28-23(30)20-12-7-17(24)13-21(20)25)15-3-8-18(9-4-15)26-22(29)16-5-10-19(31-2)11-6-16/h3-13H,1-2H3,(H,26,29)(H,28,30). The van der Waals surface area contributed by atoms with Crippen LogP contribution < -0.4 is 15.5 Å². The van der Waals surface area contributed by atoms with Crippen molar-refractivity contribution in [2.24, 2.45) is 5.10 Å². The van der Waals surface area contributed by atoms with Crippen LogP contribution in [0.25, 0.3) is 0 Å². The molecule has 158 valence electrons. The van der Waals surface area contributed by atoms with Gasteiger partial charge in [0.1, 0.15) is 5.75 Å². The Morgan fingerprint density at radius 1 is 0.871 bits per heavy atom. The van der Waals surface area contributed by atoms with Gasteiger partial charge in [-0.1, -0.05) is 35.3 Å². The van der Waals surface area contributed by atoms with Crippen LogP contribution >= 0.6 is 23.2 Å². The molecule has 3 aromatic carbocycles. The average Bonchev–Trinajstić information content (AvgIpc) is 2.77. The van der Waals surface area contributed by atoms with Crippen molar-refractivity contribution in [3.05, 3.63) is 93.5 Å². The number of amides is 2. The van der Waals surface area contributed by atoms with E-state index in [1.54, 1.807) is 68.6 Å². The molecule has 0 saturated heterocycles. The van der Waals surface area contributed by atoms with Crippen molar-refractivity contribution >= 4 is 46.4 Å². The Hall–Kier alpha value is -3.35. The molecule has 0 saturated carbocycles. The second-order valence-corrected chi connectivity index (χ2v) is 7.37. The highest BCUT2D eigenvalue weighted by Gasteiger charge is 2.11. The van der Waals surface area contributed by atoms with Gasteiger partial charge in [-0.15, -0.1) is 0 Å². The SMILES string of the molecule is COc1ccc(C(=O)Nc2ccc(C(C)=NNC(=O)c3ccc(Cl)cc3Cl)cc2)cc1. The molecule has 0 fully saturated rings. The van der Waals surface area contributed by atoms with Crippen LogP contribution in [0.15, 0.2) is 71.8 Å². The quantitative estimate of drug-likeness (QED) is 0.385. The molecule has 3 aromatic rings. The molecule has 0 atom stereocenters. The number of halogens is 2. The fourth-order valence-electron chi connectivity index (χ4n) is 2.67. The summed E-state index contributed by atoms with van der Waals surface area (Å²) in [7, 11) is 1.57. The van der Waals surface area contributed by atoms with E-state index in [0.29, 0.717) is 27.7 Å². The lowest BCUT2D eigenvalue weighted by molar-refractivity contribution is 0.0954. The number of benzene rings is 3. The number of hydrazone groups is 1. The Kier molecular flexibility index (Phi) is 7.28. The summed E-state index contributed by atoms with van der Waals surface area (Å²) in [5.74, 6) is 0.0124. The number of nitrogens with zero attached hydrogens (tertiary/aromatic N) is 1. The van der Waals surface area contributed by atoms with E-state index in [2.05, 4.69) is 15.8 Å². The number of carbonyl (C=O) groups is 2. The van der Waals surface area contributed by atoms with Crippen LogP contribution in [0.2, 0.25) is 10.0 Å². The van der Waals surface area contributed by atoms with Gasteiger partial charge < -0.3 is 10.1 Å². The normalized spacial score (nSPS) is 11.0. The summed E-state index contributed by atoms with van der Waals surface area (Å²) in [4.78, 5) is 24.6. The molecule has 0 heterocycles. The van der Waals surface area contributed by atoms with Crippen LogP contribution in [0, 0.1) is 0 Å². The minimum absolute atomic E-state index is 0.229. The first kappa shape index (κ1) is 22.3. The fraction of sp³-hybridized carbons (Fsp3) is 0.0870. The first-order valence-electron chi connectivity index (χ1n) is 9.23. The molecule has 8 heteroatoms. The lowest BCUT2D eigenvalue weighted by Gasteiger charge is -2.08. The maximum absolute atomic E-state index is 12.4. The minimum Gasteiger partial charge on any atom is -0.497 e. The molecule has 0 spiro atoms. The molecule has 31 heavy (non-hydrogen) atoms. The number of anilines is 1. The smallest absolute Gasteiger partial charge is 0.272 e. The first-order valence-corrected chi connectivity index (χ1v) is 9.98. The third kappa shape index (κ3) is 5.84. The van der Waals surface area contributed by atoms with E-state index in [9.17, 15) is 9.59 Å². The number of rotatable bonds is 6. The van der Waals surface area contributed by atoms with Gasteiger partial charge in [0.2, 0.25) is 0 Å². The van der Waals surface area contributed by atoms with Crippen molar-refractivity contribution in [1.29, 1.82) is 0 Å². The minimum atomic E-state index is -0.440. The molecule has 0 aliphatic heterocycles. The Bertz CT molecular complexity index is 1130. The van der Waals surface area contributed by atoms with Crippen molar-refractivity contribution in [3.63, 3.8) is 0 Å². The highest BCUT2D eigenvalue weighted by Crippen LogP contribution is 2.21. The molecule has 2 amide bonds. The molecule has 0 aromatic heterocycles. The van der Waals surface area contributed by atoms with Crippen molar-refractivity contribution in [2.45, 2.75) is 6.92 Å². The van der Waals surface area contributed by atoms with Gasteiger partial charge in [0.15, 0.2) is 0 Å². The maximum atomic E-state index is 12.4. The van der Waals surface area contributed by atoms with Crippen LogP contribution in [-0.2, 0) is 0 Å². The summed E-state index contributed by atoms with van der Waals surface area (Å²) in [5.41, 5.74) is 5.28. The lowest BCUT2D eigenvalue weighted by Crippen LogP contribution is -2.19. The molecule has 0 aliphatic rings.